The predicted octanol–water partition coefficient (Wildman–Crippen LogP) is 1.32. The Morgan fingerprint density at radius 3 is 2.70 bits per heavy atom. The summed E-state index contributed by atoms with van der Waals surface area (Å²) >= 11 is 0. The van der Waals surface area contributed by atoms with Crippen molar-refractivity contribution in [2.45, 2.75) is 58.0 Å². The van der Waals surface area contributed by atoms with Gasteiger partial charge in [-0.25, -0.2) is 0 Å². The van der Waals surface area contributed by atoms with Gasteiger partial charge in [0.05, 0.1) is 0 Å². The quantitative estimate of drug-likeness (QED) is 0.748. The number of hydrogen-bond acceptors (Lipinski definition) is 3. The average Bonchev–Trinajstić information content (AvgIpc) is 3.21. The fourth-order valence-corrected chi connectivity index (χ4v) is 3.01. The number of amides is 2. The molecule has 0 bridgehead atoms. The molecule has 1 saturated carbocycles. The fourth-order valence-electron chi connectivity index (χ4n) is 3.01. The Balaban J connectivity index is 2.07. The molecule has 5 nitrogen and oxygen atoms in total. The Morgan fingerprint density at radius 2 is 2.10 bits per heavy atom. The van der Waals surface area contributed by atoms with Crippen LogP contribution in [0.1, 0.15) is 46.5 Å². The maximum absolute atomic E-state index is 12.8. The van der Waals surface area contributed by atoms with Crippen LogP contribution in [0.5, 0.6) is 0 Å². The van der Waals surface area contributed by atoms with Crippen molar-refractivity contribution < 1.29 is 14.3 Å². The van der Waals surface area contributed by atoms with Gasteiger partial charge in [0.15, 0.2) is 0 Å². The van der Waals surface area contributed by atoms with Gasteiger partial charge in [-0.2, -0.15) is 0 Å². The fraction of sp³-hybridized carbons (Fsp3) is 0.867. The minimum absolute atomic E-state index is 0.00689. The Labute approximate surface area is 121 Å². The molecule has 5 heteroatoms. The predicted molar refractivity (Wildman–Crippen MR) is 76.2 cm³/mol. The zero-order valence-electron chi connectivity index (χ0n) is 12.8. The van der Waals surface area contributed by atoms with Crippen LogP contribution in [0, 0.1) is 5.92 Å². The monoisotopic (exact) mass is 282 g/mol. The largest absolute Gasteiger partial charge is 0.382 e. The standard InChI is InChI=1S/C15H26N2O3/c1-4-20-9-5-8-17-11(2)10-13(18)16-15(3,14(17)19)12-6-7-12/h11-12H,4-10H2,1-3H3,(H,16,18). The molecule has 2 fully saturated rings. The second kappa shape index (κ2) is 6.12. The molecule has 2 amide bonds. The normalized spacial score (nSPS) is 31.1. The second-order valence-electron chi connectivity index (χ2n) is 6.13. The van der Waals surface area contributed by atoms with Crippen molar-refractivity contribution in [1.29, 1.82) is 0 Å². The highest BCUT2D eigenvalue weighted by molar-refractivity contribution is 5.94. The first-order valence-electron chi connectivity index (χ1n) is 7.69. The lowest BCUT2D eigenvalue weighted by Gasteiger charge is -2.34. The van der Waals surface area contributed by atoms with E-state index in [9.17, 15) is 9.59 Å². The molecule has 1 aliphatic carbocycles. The molecule has 1 saturated heterocycles. The van der Waals surface area contributed by atoms with Crippen molar-refractivity contribution in [3.63, 3.8) is 0 Å². The van der Waals surface area contributed by atoms with Gasteiger partial charge < -0.3 is 15.0 Å². The Bertz CT molecular complexity index is 381. The summed E-state index contributed by atoms with van der Waals surface area (Å²) in [7, 11) is 0. The molecule has 2 unspecified atom stereocenters. The maximum Gasteiger partial charge on any atom is 0.248 e. The zero-order valence-corrected chi connectivity index (χ0v) is 12.8. The SMILES string of the molecule is CCOCCCN1C(=O)C(C)(C2CC2)NC(=O)CC1C. The number of carbonyl (C=O) groups excluding carboxylic acids is 2. The van der Waals surface area contributed by atoms with Crippen LogP contribution in [-0.2, 0) is 14.3 Å². The van der Waals surface area contributed by atoms with Gasteiger partial charge in [0.25, 0.3) is 0 Å². The lowest BCUT2D eigenvalue weighted by atomic mass is 9.94. The van der Waals surface area contributed by atoms with Gasteiger partial charge in [-0.15, -0.1) is 0 Å². The topological polar surface area (TPSA) is 58.6 Å². The third-order valence-corrected chi connectivity index (χ3v) is 4.40. The van der Waals surface area contributed by atoms with E-state index in [1.165, 1.54) is 0 Å². The molecule has 0 aromatic rings. The number of nitrogens with zero attached hydrogens (tertiary/aromatic N) is 1. The van der Waals surface area contributed by atoms with E-state index in [2.05, 4.69) is 5.32 Å². The summed E-state index contributed by atoms with van der Waals surface area (Å²) in [5.41, 5.74) is -0.701. The van der Waals surface area contributed by atoms with Crippen molar-refractivity contribution in [3.05, 3.63) is 0 Å². The molecule has 2 rings (SSSR count). The molecule has 0 spiro atoms. The summed E-state index contributed by atoms with van der Waals surface area (Å²) in [5.74, 6) is 0.376. The van der Waals surface area contributed by atoms with E-state index in [0.29, 0.717) is 32.1 Å². The molecule has 2 atom stereocenters. The van der Waals surface area contributed by atoms with Crippen LogP contribution >= 0.6 is 0 Å². The average molecular weight is 282 g/mol. The molecule has 0 radical (unpaired) electrons. The van der Waals surface area contributed by atoms with Crippen LogP contribution in [0.4, 0.5) is 0 Å². The molecule has 0 aromatic carbocycles. The van der Waals surface area contributed by atoms with Gasteiger partial charge in [-0.05, 0) is 46.0 Å². The molecule has 2 aliphatic rings. The third-order valence-electron chi connectivity index (χ3n) is 4.40. The summed E-state index contributed by atoms with van der Waals surface area (Å²) < 4.78 is 5.34. The molecule has 1 N–H and O–H groups in total. The number of hydrogen-bond donors (Lipinski definition) is 1. The zero-order chi connectivity index (χ0) is 14.8. The van der Waals surface area contributed by atoms with Gasteiger partial charge in [0.2, 0.25) is 11.8 Å². The molecular weight excluding hydrogens is 256 g/mol. The molecule has 1 heterocycles. The van der Waals surface area contributed by atoms with E-state index in [1.54, 1.807) is 0 Å². The Morgan fingerprint density at radius 1 is 1.40 bits per heavy atom. The van der Waals surface area contributed by atoms with E-state index < -0.39 is 5.54 Å². The van der Waals surface area contributed by atoms with Crippen molar-refractivity contribution in [1.82, 2.24) is 10.2 Å². The summed E-state index contributed by atoms with van der Waals surface area (Å²) in [5, 5.41) is 2.97. The van der Waals surface area contributed by atoms with Crippen LogP contribution in [0.3, 0.4) is 0 Å². The molecule has 114 valence electrons. The van der Waals surface area contributed by atoms with Crippen molar-refractivity contribution in [2.75, 3.05) is 19.8 Å². The Kier molecular flexibility index (Phi) is 4.68. The van der Waals surface area contributed by atoms with Crippen LogP contribution in [0.15, 0.2) is 0 Å². The van der Waals surface area contributed by atoms with E-state index in [4.69, 9.17) is 4.74 Å². The molecular formula is C15H26N2O3. The van der Waals surface area contributed by atoms with Crippen LogP contribution < -0.4 is 5.32 Å². The smallest absolute Gasteiger partial charge is 0.248 e. The van der Waals surface area contributed by atoms with Gasteiger partial charge in [-0.3, -0.25) is 9.59 Å². The van der Waals surface area contributed by atoms with Crippen molar-refractivity contribution in [3.8, 4) is 0 Å². The van der Waals surface area contributed by atoms with E-state index in [-0.39, 0.29) is 17.9 Å². The minimum Gasteiger partial charge on any atom is -0.382 e. The molecule has 1 aliphatic heterocycles. The number of nitrogens with one attached hydrogen (secondary N) is 1. The first-order chi connectivity index (χ1) is 9.49. The van der Waals surface area contributed by atoms with Gasteiger partial charge in [0, 0.05) is 32.2 Å². The second-order valence-corrected chi connectivity index (χ2v) is 6.13. The van der Waals surface area contributed by atoms with E-state index in [0.717, 1.165) is 19.3 Å². The minimum atomic E-state index is -0.701. The first-order valence-corrected chi connectivity index (χ1v) is 7.69. The summed E-state index contributed by atoms with van der Waals surface area (Å²) in [6, 6.07) is -0.0373. The highest BCUT2D eigenvalue weighted by Crippen LogP contribution is 2.41. The van der Waals surface area contributed by atoms with Crippen LogP contribution in [-0.4, -0.2) is 48.1 Å². The van der Waals surface area contributed by atoms with Crippen molar-refractivity contribution >= 4 is 11.8 Å². The van der Waals surface area contributed by atoms with Gasteiger partial charge in [-0.1, -0.05) is 0 Å². The summed E-state index contributed by atoms with van der Waals surface area (Å²) in [4.78, 5) is 26.7. The van der Waals surface area contributed by atoms with Gasteiger partial charge >= 0.3 is 0 Å². The lowest BCUT2D eigenvalue weighted by Crippen LogP contribution is -2.57. The lowest BCUT2D eigenvalue weighted by molar-refractivity contribution is -0.140. The van der Waals surface area contributed by atoms with Crippen LogP contribution in [0.2, 0.25) is 0 Å². The first kappa shape index (κ1) is 15.3. The highest BCUT2D eigenvalue weighted by Gasteiger charge is 2.52. The summed E-state index contributed by atoms with van der Waals surface area (Å²) in [6.45, 7) is 7.83. The van der Waals surface area contributed by atoms with Crippen molar-refractivity contribution in [2.24, 2.45) is 5.92 Å². The molecule has 0 aromatic heterocycles. The van der Waals surface area contributed by atoms with E-state index >= 15 is 0 Å². The van der Waals surface area contributed by atoms with E-state index in [1.807, 2.05) is 25.7 Å². The van der Waals surface area contributed by atoms with Crippen LogP contribution in [0.25, 0.3) is 0 Å². The van der Waals surface area contributed by atoms with Gasteiger partial charge in [0.1, 0.15) is 5.54 Å². The Hall–Kier alpha value is -1.10. The molecule has 20 heavy (non-hydrogen) atoms. The maximum atomic E-state index is 12.8. The third kappa shape index (κ3) is 3.14. The number of ether oxygens (including phenoxy) is 1. The number of rotatable bonds is 6. The summed E-state index contributed by atoms with van der Waals surface area (Å²) in [6.07, 6.45) is 3.27. The number of carbonyl (C=O) groups is 2. The highest BCUT2D eigenvalue weighted by atomic mass is 16.5.